The second-order valence-electron chi connectivity index (χ2n) is 4.64. The van der Waals surface area contributed by atoms with E-state index in [0.717, 1.165) is 38.3 Å². The standard InChI is InChI=1S/C14H14BrN5O/c1-2-11-6-13(20-14(18-11)12(15)8-17-20)16-7-10-4-3-5-19(21)9-10/h3-6,8-9,16H,2,7H2,1H3. The molecule has 0 aliphatic heterocycles. The number of halogens is 1. The van der Waals surface area contributed by atoms with Gasteiger partial charge in [0, 0.05) is 29.9 Å². The van der Waals surface area contributed by atoms with Crippen LogP contribution in [0.25, 0.3) is 5.65 Å². The molecule has 0 amide bonds. The largest absolute Gasteiger partial charge is 0.619 e. The summed E-state index contributed by atoms with van der Waals surface area (Å²) in [4.78, 5) is 4.54. The molecule has 0 aromatic carbocycles. The zero-order valence-electron chi connectivity index (χ0n) is 11.5. The van der Waals surface area contributed by atoms with Crippen molar-refractivity contribution in [3.8, 4) is 0 Å². The van der Waals surface area contributed by atoms with Crippen molar-refractivity contribution >= 4 is 27.4 Å². The number of pyridine rings is 1. The third-order valence-electron chi connectivity index (χ3n) is 3.15. The molecule has 3 aromatic rings. The number of rotatable bonds is 4. The summed E-state index contributed by atoms with van der Waals surface area (Å²) >= 11 is 3.45. The number of anilines is 1. The Morgan fingerprint density at radius 3 is 3.10 bits per heavy atom. The molecule has 3 aromatic heterocycles. The molecule has 0 radical (unpaired) electrons. The predicted octanol–water partition coefficient (Wildman–Crippen LogP) is 2.30. The first kappa shape index (κ1) is 13.8. The third kappa shape index (κ3) is 2.82. The summed E-state index contributed by atoms with van der Waals surface area (Å²) in [5, 5.41) is 18.9. The van der Waals surface area contributed by atoms with Crippen molar-refractivity contribution in [1.29, 1.82) is 0 Å². The summed E-state index contributed by atoms with van der Waals surface area (Å²) in [5.41, 5.74) is 2.67. The van der Waals surface area contributed by atoms with Gasteiger partial charge in [0.25, 0.3) is 0 Å². The number of nitrogens with zero attached hydrogens (tertiary/aromatic N) is 4. The number of aromatic nitrogens is 4. The lowest BCUT2D eigenvalue weighted by atomic mass is 10.3. The number of hydrogen-bond acceptors (Lipinski definition) is 4. The van der Waals surface area contributed by atoms with Crippen molar-refractivity contribution in [1.82, 2.24) is 14.6 Å². The minimum Gasteiger partial charge on any atom is -0.619 e. The molecule has 0 aliphatic carbocycles. The fraction of sp³-hybridized carbons (Fsp3) is 0.214. The van der Waals surface area contributed by atoms with Gasteiger partial charge in [-0.2, -0.15) is 14.3 Å². The van der Waals surface area contributed by atoms with Gasteiger partial charge in [0.1, 0.15) is 5.82 Å². The fourth-order valence-electron chi connectivity index (χ4n) is 2.09. The molecule has 1 N–H and O–H groups in total. The van der Waals surface area contributed by atoms with Gasteiger partial charge in [-0.3, -0.25) is 0 Å². The Bertz CT molecular complexity index is 786. The molecule has 0 saturated heterocycles. The van der Waals surface area contributed by atoms with Crippen LogP contribution in [0, 0.1) is 5.21 Å². The summed E-state index contributed by atoms with van der Waals surface area (Å²) in [6, 6.07) is 5.61. The Morgan fingerprint density at radius 2 is 2.33 bits per heavy atom. The smallest absolute Gasteiger partial charge is 0.185 e. The van der Waals surface area contributed by atoms with Gasteiger partial charge in [-0.15, -0.1) is 0 Å². The van der Waals surface area contributed by atoms with E-state index in [4.69, 9.17) is 0 Å². The highest BCUT2D eigenvalue weighted by molar-refractivity contribution is 9.10. The lowest BCUT2D eigenvalue weighted by Crippen LogP contribution is -2.25. The predicted molar refractivity (Wildman–Crippen MR) is 82.8 cm³/mol. The molecule has 0 atom stereocenters. The molecule has 3 rings (SSSR count). The van der Waals surface area contributed by atoms with Crippen LogP contribution in [0.5, 0.6) is 0 Å². The van der Waals surface area contributed by atoms with E-state index >= 15 is 0 Å². The lowest BCUT2D eigenvalue weighted by molar-refractivity contribution is -0.605. The van der Waals surface area contributed by atoms with E-state index in [9.17, 15) is 5.21 Å². The number of fused-ring (bicyclic) bond motifs is 1. The van der Waals surface area contributed by atoms with Gasteiger partial charge in [-0.05, 0) is 28.4 Å². The van der Waals surface area contributed by atoms with Crippen LogP contribution < -0.4 is 10.0 Å². The monoisotopic (exact) mass is 347 g/mol. The molecular weight excluding hydrogens is 334 g/mol. The average molecular weight is 348 g/mol. The van der Waals surface area contributed by atoms with E-state index in [0.29, 0.717) is 6.54 Å². The molecule has 3 heterocycles. The molecule has 108 valence electrons. The van der Waals surface area contributed by atoms with Gasteiger partial charge in [0.15, 0.2) is 18.0 Å². The van der Waals surface area contributed by atoms with Crippen LogP contribution in [-0.4, -0.2) is 14.6 Å². The molecular formula is C14H14BrN5O. The molecule has 0 aliphatic rings. The Labute approximate surface area is 130 Å². The second-order valence-corrected chi connectivity index (χ2v) is 5.49. The molecule has 0 fully saturated rings. The van der Waals surface area contributed by atoms with Crippen LogP contribution in [0.15, 0.2) is 41.3 Å². The van der Waals surface area contributed by atoms with Crippen LogP contribution in [0.1, 0.15) is 18.2 Å². The van der Waals surface area contributed by atoms with E-state index < -0.39 is 0 Å². The van der Waals surface area contributed by atoms with Crippen LogP contribution in [0.2, 0.25) is 0 Å². The molecule has 0 unspecified atom stereocenters. The summed E-state index contributed by atoms with van der Waals surface area (Å²) < 4.78 is 3.40. The quantitative estimate of drug-likeness (QED) is 0.580. The molecule has 0 bridgehead atoms. The third-order valence-corrected chi connectivity index (χ3v) is 3.71. The minimum absolute atomic E-state index is 0.544. The first-order valence-electron chi connectivity index (χ1n) is 6.62. The van der Waals surface area contributed by atoms with Gasteiger partial charge in [0.05, 0.1) is 10.7 Å². The molecule has 7 heteroatoms. The molecule has 0 spiro atoms. The first-order chi connectivity index (χ1) is 10.2. The van der Waals surface area contributed by atoms with E-state index in [1.165, 1.54) is 6.20 Å². The van der Waals surface area contributed by atoms with Gasteiger partial charge >= 0.3 is 0 Å². The number of nitrogens with one attached hydrogen (secondary N) is 1. The molecule has 21 heavy (non-hydrogen) atoms. The van der Waals surface area contributed by atoms with Crippen molar-refractivity contribution in [2.45, 2.75) is 19.9 Å². The van der Waals surface area contributed by atoms with Crippen molar-refractivity contribution in [2.24, 2.45) is 0 Å². The van der Waals surface area contributed by atoms with Crippen LogP contribution in [0.3, 0.4) is 0 Å². The highest BCUT2D eigenvalue weighted by atomic mass is 79.9. The van der Waals surface area contributed by atoms with Crippen molar-refractivity contribution < 1.29 is 4.73 Å². The zero-order chi connectivity index (χ0) is 14.8. The summed E-state index contributed by atoms with van der Waals surface area (Å²) in [5.74, 6) is 0.851. The maximum absolute atomic E-state index is 11.3. The SMILES string of the molecule is CCc1cc(NCc2ccc[n+]([O-])c2)n2ncc(Br)c2n1. The maximum Gasteiger partial charge on any atom is 0.185 e. The maximum atomic E-state index is 11.3. The Morgan fingerprint density at radius 1 is 1.48 bits per heavy atom. The number of aryl methyl sites for hydroxylation is 1. The van der Waals surface area contributed by atoms with E-state index in [1.807, 2.05) is 12.1 Å². The van der Waals surface area contributed by atoms with E-state index in [1.54, 1.807) is 23.0 Å². The van der Waals surface area contributed by atoms with Gasteiger partial charge in [-0.1, -0.05) is 6.92 Å². The van der Waals surface area contributed by atoms with Gasteiger partial charge in [-0.25, -0.2) is 4.98 Å². The van der Waals surface area contributed by atoms with Crippen molar-refractivity contribution in [3.05, 3.63) is 57.7 Å². The topological polar surface area (TPSA) is 69.2 Å². The Balaban J connectivity index is 1.92. The Hall–Kier alpha value is -2.15. The molecule has 6 nitrogen and oxygen atoms in total. The number of hydrogen-bond donors (Lipinski definition) is 1. The highest BCUT2D eigenvalue weighted by Gasteiger charge is 2.09. The first-order valence-corrected chi connectivity index (χ1v) is 7.41. The fourth-order valence-corrected chi connectivity index (χ4v) is 2.44. The Kier molecular flexibility index (Phi) is 3.74. The summed E-state index contributed by atoms with van der Waals surface area (Å²) in [6.45, 7) is 2.60. The van der Waals surface area contributed by atoms with Crippen LogP contribution >= 0.6 is 15.9 Å². The van der Waals surface area contributed by atoms with Crippen molar-refractivity contribution in [3.63, 3.8) is 0 Å². The second kappa shape index (κ2) is 5.69. The van der Waals surface area contributed by atoms with E-state index in [2.05, 4.69) is 38.3 Å². The van der Waals surface area contributed by atoms with E-state index in [-0.39, 0.29) is 0 Å². The van der Waals surface area contributed by atoms with Crippen LogP contribution in [-0.2, 0) is 13.0 Å². The van der Waals surface area contributed by atoms with Gasteiger partial charge < -0.3 is 10.5 Å². The summed E-state index contributed by atoms with van der Waals surface area (Å²) in [7, 11) is 0. The minimum atomic E-state index is 0.544. The normalized spacial score (nSPS) is 11.0. The summed E-state index contributed by atoms with van der Waals surface area (Å²) in [6.07, 6.45) is 5.58. The molecule has 0 saturated carbocycles. The van der Waals surface area contributed by atoms with Crippen LogP contribution in [0.4, 0.5) is 5.82 Å². The van der Waals surface area contributed by atoms with Crippen molar-refractivity contribution in [2.75, 3.05) is 5.32 Å². The van der Waals surface area contributed by atoms with Gasteiger partial charge in [0.2, 0.25) is 0 Å². The lowest BCUT2D eigenvalue weighted by Gasteiger charge is -2.10. The highest BCUT2D eigenvalue weighted by Crippen LogP contribution is 2.20. The average Bonchev–Trinajstić information content (AvgIpc) is 2.86. The zero-order valence-corrected chi connectivity index (χ0v) is 13.0.